The predicted molar refractivity (Wildman–Crippen MR) is 234 cm³/mol. The fourth-order valence-corrected chi connectivity index (χ4v) is 6.44. The molecule has 9 nitrogen and oxygen atoms in total. The van der Waals surface area contributed by atoms with E-state index in [1.165, 1.54) is 83.5 Å². The second-order valence-electron chi connectivity index (χ2n) is 16.0. The van der Waals surface area contributed by atoms with Crippen LogP contribution in [-0.4, -0.2) is 80.2 Å². The van der Waals surface area contributed by atoms with Crippen molar-refractivity contribution >= 4 is 13.8 Å². The molecule has 0 amide bonds. The zero-order valence-electron chi connectivity index (χ0n) is 36.5. The van der Waals surface area contributed by atoms with Crippen LogP contribution in [0.3, 0.4) is 0 Å². The molecule has 0 heterocycles. The number of phosphoric acid groups is 1. The lowest BCUT2D eigenvalue weighted by atomic mass is 10.0. The number of hydrogen-bond acceptors (Lipinski definition) is 7. The van der Waals surface area contributed by atoms with Crippen LogP contribution >= 0.6 is 7.82 Å². The van der Waals surface area contributed by atoms with Crippen LogP contribution in [0.5, 0.6) is 0 Å². The minimum absolute atomic E-state index is 0.0720. The van der Waals surface area contributed by atoms with Gasteiger partial charge < -0.3 is 24.0 Å². The van der Waals surface area contributed by atoms with Gasteiger partial charge in [0.15, 0.2) is 6.10 Å². The number of allylic oxidation sites excluding steroid dienone is 8. The van der Waals surface area contributed by atoms with Gasteiger partial charge in [0.1, 0.15) is 19.8 Å². The zero-order chi connectivity index (χ0) is 41.4. The average molecular weight is 811 g/mol. The second-order valence-corrected chi connectivity index (χ2v) is 17.4. The third-order valence-electron chi connectivity index (χ3n) is 9.28. The van der Waals surface area contributed by atoms with Gasteiger partial charge in [-0.1, -0.05) is 165 Å². The molecule has 326 valence electrons. The molecule has 0 aliphatic heterocycles. The number of ether oxygens (including phenoxy) is 2. The molecule has 0 radical (unpaired) electrons. The maximum absolute atomic E-state index is 12.5. The smallest absolute Gasteiger partial charge is 0.472 e. The number of carbonyl (C=O) groups is 1. The van der Waals surface area contributed by atoms with E-state index in [9.17, 15) is 19.4 Å². The van der Waals surface area contributed by atoms with Crippen molar-refractivity contribution in [1.29, 1.82) is 0 Å². The predicted octanol–water partition coefficient (Wildman–Crippen LogP) is 12.3. The van der Waals surface area contributed by atoms with E-state index in [1.54, 1.807) is 6.26 Å². The van der Waals surface area contributed by atoms with Crippen molar-refractivity contribution < 1.29 is 42.4 Å². The Morgan fingerprint density at radius 2 is 1.21 bits per heavy atom. The number of phosphoric ester groups is 1. The van der Waals surface area contributed by atoms with E-state index in [2.05, 4.69) is 44.2 Å². The van der Waals surface area contributed by atoms with E-state index in [0.29, 0.717) is 17.4 Å². The van der Waals surface area contributed by atoms with Crippen molar-refractivity contribution in [2.45, 2.75) is 180 Å². The number of nitrogens with zero attached hydrogens (tertiary/aromatic N) is 1. The van der Waals surface area contributed by atoms with Crippen molar-refractivity contribution in [3.05, 3.63) is 60.9 Å². The van der Waals surface area contributed by atoms with Crippen molar-refractivity contribution in [1.82, 2.24) is 0 Å². The number of quaternary nitrogens is 1. The first-order chi connectivity index (χ1) is 27.0. The Morgan fingerprint density at radius 1 is 0.661 bits per heavy atom. The summed E-state index contributed by atoms with van der Waals surface area (Å²) in [6.45, 7) is 4.70. The van der Waals surface area contributed by atoms with Gasteiger partial charge >= 0.3 is 13.8 Å². The fourth-order valence-electron chi connectivity index (χ4n) is 5.70. The summed E-state index contributed by atoms with van der Waals surface area (Å²) in [6, 6.07) is 0. The number of unbranched alkanes of at least 4 members (excludes halogenated alkanes) is 17. The molecule has 1 unspecified atom stereocenters. The van der Waals surface area contributed by atoms with Gasteiger partial charge in [-0.15, -0.1) is 0 Å². The molecule has 0 fully saturated rings. The highest BCUT2D eigenvalue weighted by Crippen LogP contribution is 2.43. The Morgan fingerprint density at radius 3 is 1.84 bits per heavy atom. The summed E-state index contributed by atoms with van der Waals surface area (Å²) in [5, 5.41) is 9.90. The summed E-state index contributed by atoms with van der Waals surface area (Å²) in [6.07, 6.45) is 45.4. The van der Waals surface area contributed by atoms with E-state index in [0.717, 1.165) is 57.8 Å². The molecule has 0 aromatic rings. The van der Waals surface area contributed by atoms with Gasteiger partial charge in [0.25, 0.3) is 0 Å². The van der Waals surface area contributed by atoms with Crippen LogP contribution in [0.2, 0.25) is 0 Å². The number of aliphatic hydroxyl groups is 1. The number of likely N-dealkylation sites (N-methyl/N-ethyl adjacent to an activating group) is 1. The van der Waals surface area contributed by atoms with Crippen LogP contribution in [0.15, 0.2) is 60.9 Å². The van der Waals surface area contributed by atoms with E-state index in [1.807, 2.05) is 45.4 Å². The topological polar surface area (TPSA) is 112 Å². The second kappa shape index (κ2) is 38.5. The largest absolute Gasteiger partial charge is 0.492 e. The van der Waals surface area contributed by atoms with Gasteiger partial charge in [-0.2, -0.15) is 0 Å². The molecule has 0 saturated carbocycles. The number of rotatable bonds is 40. The van der Waals surface area contributed by atoms with Crippen molar-refractivity contribution in [2.24, 2.45) is 0 Å². The lowest BCUT2D eigenvalue weighted by Crippen LogP contribution is -2.37. The summed E-state index contributed by atoms with van der Waals surface area (Å²) >= 11 is 0. The van der Waals surface area contributed by atoms with Gasteiger partial charge in [0, 0.05) is 6.42 Å². The Hall–Kier alpha value is -2.00. The number of hydrogen-bond donors (Lipinski definition) is 2. The first-order valence-corrected chi connectivity index (χ1v) is 23.7. The van der Waals surface area contributed by atoms with Crippen molar-refractivity contribution in [2.75, 3.05) is 47.5 Å². The van der Waals surface area contributed by atoms with E-state index in [-0.39, 0.29) is 38.3 Å². The molecule has 0 spiro atoms. The lowest BCUT2D eigenvalue weighted by Gasteiger charge is -2.24. The van der Waals surface area contributed by atoms with Gasteiger partial charge in [0.2, 0.25) is 0 Å². The number of esters is 1. The molecule has 0 bridgehead atoms. The van der Waals surface area contributed by atoms with Crippen LogP contribution < -0.4 is 0 Å². The minimum Gasteiger partial charge on any atom is -0.492 e. The minimum atomic E-state index is -4.29. The summed E-state index contributed by atoms with van der Waals surface area (Å²) in [5.74, 6) is -0.348. The zero-order valence-corrected chi connectivity index (χ0v) is 37.4. The fraction of sp³-hybridized carbons (Fsp3) is 0.761. The van der Waals surface area contributed by atoms with Gasteiger partial charge in [-0.25, -0.2) is 4.57 Å². The van der Waals surface area contributed by atoms with E-state index < -0.39 is 13.9 Å². The molecular formula is C46H85NO8P+. The third kappa shape index (κ3) is 41.6. The molecular weight excluding hydrogens is 725 g/mol. The molecule has 2 N–H and O–H groups in total. The SMILES string of the molecule is CCCCCCCCCCCCCCCC/C=C/O[C@H](COC(=O)CCC/C=C\C/C=C\C/C=C\C=C\[C@H](O)CCCCC)COP(=O)(O)OCC[N+](C)(C)C. The molecule has 0 aliphatic rings. The first kappa shape index (κ1) is 54.0. The monoisotopic (exact) mass is 811 g/mol. The Bertz CT molecular complexity index is 1100. The maximum atomic E-state index is 12.5. The normalized spacial score (nSPS) is 14.8. The number of aliphatic hydroxyl groups excluding tert-OH is 1. The van der Waals surface area contributed by atoms with Crippen LogP contribution in [0.4, 0.5) is 0 Å². The van der Waals surface area contributed by atoms with Crippen LogP contribution in [0.25, 0.3) is 0 Å². The molecule has 56 heavy (non-hydrogen) atoms. The van der Waals surface area contributed by atoms with Crippen LogP contribution in [-0.2, 0) is 27.9 Å². The molecule has 0 aromatic heterocycles. The highest BCUT2D eigenvalue weighted by Gasteiger charge is 2.25. The summed E-state index contributed by atoms with van der Waals surface area (Å²) in [7, 11) is 1.61. The molecule has 10 heteroatoms. The molecule has 0 saturated heterocycles. The Labute approximate surface area is 343 Å². The quantitative estimate of drug-likeness (QED) is 0.0120. The molecule has 0 aromatic carbocycles. The highest BCUT2D eigenvalue weighted by molar-refractivity contribution is 7.47. The number of carbonyl (C=O) groups excluding carboxylic acids is 1. The van der Waals surface area contributed by atoms with Gasteiger partial charge in [-0.3, -0.25) is 13.8 Å². The van der Waals surface area contributed by atoms with Crippen LogP contribution in [0, 0.1) is 0 Å². The van der Waals surface area contributed by atoms with E-state index in [4.69, 9.17) is 18.5 Å². The average Bonchev–Trinajstić information content (AvgIpc) is 3.15. The first-order valence-electron chi connectivity index (χ1n) is 22.2. The van der Waals surface area contributed by atoms with Gasteiger partial charge in [-0.05, 0) is 51.0 Å². The molecule has 0 aliphatic carbocycles. The van der Waals surface area contributed by atoms with Gasteiger partial charge in [0.05, 0.1) is 40.1 Å². The standard InChI is InChI=1S/C46H84NO8P/c1-6-8-10-11-12-13-14-15-16-17-18-22-25-28-31-35-40-52-45(43-55-56(50,51)54-41-39-47(3,4)5)42-53-46(49)38-34-30-27-24-21-19-20-23-26-29-33-37-44(48)36-32-9-7-2/h19-20,24,26-27,29,33,35,37,40,44-45,48H,6-18,21-23,25,28,30-32,34,36,38-39,41-43H2,1-5H3/p+1/b20-19-,27-24-,29-26-,37-33+,40-35+/t44-,45-/m1/s1. The Kier molecular flexibility index (Phi) is 37.1. The third-order valence-corrected chi connectivity index (χ3v) is 10.3. The van der Waals surface area contributed by atoms with Crippen LogP contribution in [0.1, 0.15) is 168 Å². The van der Waals surface area contributed by atoms with Crippen molar-refractivity contribution in [3.8, 4) is 0 Å². The van der Waals surface area contributed by atoms with E-state index >= 15 is 0 Å². The lowest BCUT2D eigenvalue weighted by molar-refractivity contribution is -0.870. The summed E-state index contributed by atoms with van der Waals surface area (Å²) in [4.78, 5) is 22.6. The summed E-state index contributed by atoms with van der Waals surface area (Å²) in [5.41, 5.74) is 0. The van der Waals surface area contributed by atoms with Crippen molar-refractivity contribution in [3.63, 3.8) is 0 Å². The summed E-state index contributed by atoms with van der Waals surface area (Å²) < 4.78 is 34.7. The highest BCUT2D eigenvalue weighted by atomic mass is 31.2. The molecule has 0 rings (SSSR count). The maximum Gasteiger partial charge on any atom is 0.472 e. The molecule has 3 atom stereocenters. The Balaban J connectivity index is 4.42.